The minimum Gasteiger partial charge on any atom is -0.480 e. The molecule has 2 atom stereocenters. The quantitative estimate of drug-likeness (QED) is 0.609. The summed E-state index contributed by atoms with van der Waals surface area (Å²) in [7, 11) is 0. The average Bonchev–Trinajstić information content (AvgIpc) is 2.13. The number of hydrogen-bond acceptors (Lipinski definition) is 4. The largest absolute Gasteiger partial charge is 0.480 e. The van der Waals surface area contributed by atoms with Gasteiger partial charge in [-0.05, 0) is 6.42 Å². The molecule has 0 rings (SSSR count). The van der Waals surface area contributed by atoms with E-state index in [0.29, 0.717) is 6.42 Å². The second-order valence-electron chi connectivity index (χ2n) is 2.82. The number of hydrogen-bond donors (Lipinski definition) is 3. The molecule has 0 saturated carbocycles. The lowest BCUT2D eigenvalue weighted by Gasteiger charge is -2.13. The van der Waals surface area contributed by atoms with Crippen molar-refractivity contribution in [1.82, 2.24) is 5.32 Å². The van der Waals surface area contributed by atoms with Gasteiger partial charge in [-0.3, -0.25) is 0 Å². The highest BCUT2D eigenvalue weighted by atomic mass is 32.1. The molecule has 0 bridgehead atoms. The standard InChI is InChI=1S/C8H14FNO4S/c1-2-3-6(9)14-8(13)10-5(4-15)7(11)12/h5-6,15H,2-4H2,1H3,(H,10,13)(H,11,12)/t5-,6?/m0/s1. The normalized spacial score (nSPS) is 14.1. The first kappa shape index (κ1) is 14.0. The molecule has 0 fully saturated rings. The second kappa shape index (κ2) is 7.33. The molecule has 0 heterocycles. The Morgan fingerprint density at radius 3 is 2.60 bits per heavy atom. The number of rotatable bonds is 6. The fourth-order valence-corrected chi connectivity index (χ4v) is 1.01. The van der Waals surface area contributed by atoms with Crippen molar-refractivity contribution in [1.29, 1.82) is 0 Å². The lowest BCUT2D eigenvalue weighted by atomic mass is 10.3. The molecular weight excluding hydrogens is 225 g/mol. The molecule has 15 heavy (non-hydrogen) atoms. The average molecular weight is 239 g/mol. The van der Waals surface area contributed by atoms with Crippen molar-refractivity contribution in [3.05, 3.63) is 0 Å². The summed E-state index contributed by atoms with van der Waals surface area (Å²) >= 11 is 3.72. The molecule has 0 aromatic heterocycles. The number of ether oxygens (including phenoxy) is 1. The van der Waals surface area contributed by atoms with Crippen molar-refractivity contribution in [2.75, 3.05) is 5.75 Å². The lowest BCUT2D eigenvalue weighted by Crippen LogP contribution is -2.43. The summed E-state index contributed by atoms with van der Waals surface area (Å²) in [6.45, 7) is 1.74. The molecule has 1 amide bonds. The van der Waals surface area contributed by atoms with E-state index in [1.54, 1.807) is 6.92 Å². The minimum atomic E-state index is -1.70. The third-order valence-electron chi connectivity index (χ3n) is 1.52. The van der Waals surface area contributed by atoms with Gasteiger partial charge in [0, 0.05) is 12.2 Å². The van der Waals surface area contributed by atoms with Gasteiger partial charge in [-0.2, -0.15) is 12.6 Å². The molecule has 7 heteroatoms. The summed E-state index contributed by atoms with van der Waals surface area (Å²) in [5.74, 6) is -1.33. The number of amides is 1. The molecule has 0 aliphatic carbocycles. The van der Waals surface area contributed by atoms with E-state index in [0.717, 1.165) is 0 Å². The predicted octanol–water partition coefficient (Wildman–Crippen LogP) is 1.19. The molecule has 0 aliphatic heterocycles. The fraction of sp³-hybridized carbons (Fsp3) is 0.750. The van der Waals surface area contributed by atoms with Gasteiger partial charge in [0.05, 0.1) is 0 Å². The Labute approximate surface area is 92.4 Å². The van der Waals surface area contributed by atoms with Crippen LogP contribution in [0.2, 0.25) is 0 Å². The number of carbonyl (C=O) groups is 2. The first-order valence-electron chi connectivity index (χ1n) is 4.46. The van der Waals surface area contributed by atoms with Gasteiger partial charge in [-0.25, -0.2) is 14.0 Å². The van der Waals surface area contributed by atoms with Crippen LogP contribution in [0.1, 0.15) is 19.8 Å². The molecule has 0 aromatic rings. The van der Waals surface area contributed by atoms with E-state index in [4.69, 9.17) is 5.11 Å². The zero-order valence-corrected chi connectivity index (χ0v) is 9.17. The fourth-order valence-electron chi connectivity index (χ4n) is 0.764. The Morgan fingerprint density at radius 1 is 1.60 bits per heavy atom. The maximum absolute atomic E-state index is 12.8. The smallest absolute Gasteiger partial charge is 0.410 e. The van der Waals surface area contributed by atoms with Crippen LogP contribution in [0.25, 0.3) is 0 Å². The van der Waals surface area contributed by atoms with E-state index >= 15 is 0 Å². The number of alkyl carbamates (subject to hydrolysis) is 1. The Kier molecular flexibility index (Phi) is 6.85. The summed E-state index contributed by atoms with van der Waals surface area (Å²) in [5, 5.41) is 10.5. The van der Waals surface area contributed by atoms with Gasteiger partial charge in [0.1, 0.15) is 6.04 Å². The van der Waals surface area contributed by atoms with E-state index in [1.807, 2.05) is 5.32 Å². The number of carboxylic acids is 1. The minimum absolute atomic E-state index is 0.0881. The summed E-state index contributed by atoms with van der Waals surface area (Å²) < 4.78 is 17.0. The first-order valence-corrected chi connectivity index (χ1v) is 5.09. The lowest BCUT2D eigenvalue weighted by molar-refractivity contribution is -0.138. The highest BCUT2D eigenvalue weighted by molar-refractivity contribution is 7.80. The van der Waals surface area contributed by atoms with Crippen LogP contribution >= 0.6 is 12.6 Å². The summed E-state index contributed by atoms with van der Waals surface area (Å²) in [6, 6.07) is -1.17. The van der Waals surface area contributed by atoms with E-state index in [1.165, 1.54) is 0 Å². The van der Waals surface area contributed by atoms with Crippen LogP contribution in [0.15, 0.2) is 0 Å². The Balaban J connectivity index is 3.96. The van der Waals surface area contributed by atoms with Crippen LogP contribution in [0.3, 0.4) is 0 Å². The SMILES string of the molecule is CCCC(F)OC(=O)N[C@@H](CS)C(=O)O. The number of nitrogens with one attached hydrogen (secondary N) is 1. The van der Waals surface area contributed by atoms with Gasteiger partial charge < -0.3 is 15.2 Å². The van der Waals surface area contributed by atoms with Crippen molar-refractivity contribution in [2.45, 2.75) is 32.2 Å². The van der Waals surface area contributed by atoms with Gasteiger partial charge in [0.25, 0.3) is 0 Å². The zero-order chi connectivity index (χ0) is 11.8. The van der Waals surface area contributed by atoms with Gasteiger partial charge in [-0.15, -0.1) is 0 Å². The molecule has 0 spiro atoms. The molecule has 0 aliphatic rings. The molecule has 0 saturated heterocycles. The zero-order valence-electron chi connectivity index (χ0n) is 8.27. The van der Waals surface area contributed by atoms with Crippen LogP contribution in [0.5, 0.6) is 0 Å². The molecule has 2 N–H and O–H groups in total. The summed E-state index contributed by atoms with van der Waals surface area (Å²) in [4.78, 5) is 21.4. The molecular formula is C8H14FNO4S. The van der Waals surface area contributed by atoms with Crippen molar-refractivity contribution < 1.29 is 23.8 Å². The monoisotopic (exact) mass is 239 g/mol. The molecule has 88 valence electrons. The maximum Gasteiger partial charge on any atom is 0.410 e. The molecule has 0 aromatic carbocycles. The third kappa shape index (κ3) is 6.16. The number of thiol groups is 1. The van der Waals surface area contributed by atoms with Gasteiger partial charge in [0.15, 0.2) is 0 Å². The maximum atomic E-state index is 12.8. The number of halogens is 1. The molecule has 5 nitrogen and oxygen atoms in total. The van der Waals surface area contributed by atoms with Gasteiger partial charge in [-0.1, -0.05) is 6.92 Å². The van der Waals surface area contributed by atoms with Crippen molar-refractivity contribution in [3.8, 4) is 0 Å². The first-order chi connectivity index (χ1) is 7.01. The highest BCUT2D eigenvalue weighted by Gasteiger charge is 2.20. The highest BCUT2D eigenvalue weighted by Crippen LogP contribution is 2.03. The van der Waals surface area contributed by atoms with Crippen molar-refractivity contribution in [2.24, 2.45) is 0 Å². The molecule has 0 radical (unpaired) electrons. The Morgan fingerprint density at radius 2 is 2.20 bits per heavy atom. The van der Waals surface area contributed by atoms with E-state index in [-0.39, 0.29) is 12.2 Å². The van der Waals surface area contributed by atoms with Crippen LogP contribution < -0.4 is 5.32 Å². The molecule has 1 unspecified atom stereocenters. The van der Waals surface area contributed by atoms with Crippen LogP contribution in [0, 0.1) is 0 Å². The summed E-state index contributed by atoms with van der Waals surface area (Å²) in [6.07, 6.45) is -2.17. The number of carboxylic acid groups (broad SMARTS) is 1. The van der Waals surface area contributed by atoms with Crippen molar-refractivity contribution >= 4 is 24.7 Å². The van der Waals surface area contributed by atoms with E-state index in [2.05, 4.69) is 17.4 Å². The number of aliphatic carboxylic acids is 1. The Hall–Kier alpha value is -0.980. The van der Waals surface area contributed by atoms with E-state index < -0.39 is 24.5 Å². The van der Waals surface area contributed by atoms with E-state index in [9.17, 15) is 14.0 Å². The van der Waals surface area contributed by atoms with Crippen molar-refractivity contribution in [3.63, 3.8) is 0 Å². The van der Waals surface area contributed by atoms with Crippen LogP contribution in [-0.2, 0) is 9.53 Å². The summed E-state index contributed by atoms with van der Waals surface area (Å²) in [5.41, 5.74) is 0. The van der Waals surface area contributed by atoms with Crippen LogP contribution in [0.4, 0.5) is 9.18 Å². The predicted molar refractivity (Wildman–Crippen MR) is 54.7 cm³/mol. The third-order valence-corrected chi connectivity index (χ3v) is 1.89. The number of carbonyl (C=O) groups excluding carboxylic acids is 1. The van der Waals surface area contributed by atoms with Gasteiger partial charge >= 0.3 is 12.1 Å². The number of alkyl halides is 1. The van der Waals surface area contributed by atoms with Gasteiger partial charge in [0.2, 0.25) is 6.36 Å². The van der Waals surface area contributed by atoms with Crippen LogP contribution in [-0.4, -0.2) is 35.3 Å². The topological polar surface area (TPSA) is 75.6 Å². The Bertz CT molecular complexity index is 227. The second-order valence-corrected chi connectivity index (χ2v) is 3.19.